The molecule has 0 aromatic heterocycles. The number of hydrogen-bond acceptors (Lipinski definition) is 2. The standard InChI is InChI=1S/C16H17FO2/c1-12-3-2-4-16(9-12)19-11-14(10-18)13-5-7-15(17)8-6-13/h2-9,14,18H,10-11H2,1H3. The summed E-state index contributed by atoms with van der Waals surface area (Å²) in [5, 5.41) is 9.41. The molecule has 0 bridgehead atoms. The molecule has 0 spiro atoms. The number of rotatable bonds is 5. The lowest BCUT2D eigenvalue weighted by Crippen LogP contribution is -2.14. The van der Waals surface area contributed by atoms with Gasteiger partial charge in [-0.25, -0.2) is 4.39 Å². The zero-order valence-corrected chi connectivity index (χ0v) is 10.8. The lowest BCUT2D eigenvalue weighted by Gasteiger charge is -2.16. The Kier molecular flexibility index (Phi) is 4.53. The Hall–Kier alpha value is -1.87. The summed E-state index contributed by atoms with van der Waals surface area (Å²) in [7, 11) is 0. The van der Waals surface area contributed by atoms with Crippen molar-refractivity contribution in [3.05, 3.63) is 65.5 Å². The van der Waals surface area contributed by atoms with Crippen molar-refractivity contribution in [2.75, 3.05) is 13.2 Å². The molecule has 2 aromatic carbocycles. The van der Waals surface area contributed by atoms with Crippen molar-refractivity contribution >= 4 is 0 Å². The van der Waals surface area contributed by atoms with Gasteiger partial charge in [0, 0.05) is 5.92 Å². The van der Waals surface area contributed by atoms with Gasteiger partial charge in [-0.3, -0.25) is 0 Å². The summed E-state index contributed by atoms with van der Waals surface area (Å²) in [6.45, 7) is 2.33. The molecule has 0 aliphatic rings. The smallest absolute Gasteiger partial charge is 0.123 e. The van der Waals surface area contributed by atoms with Gasteiger partial charge in [0.15, 0.2) is 0 Å². The summed E-state index contributed by atoms with van der Waals surface area (Å²) in [5.41, 5.74) is 2.00. The van der Waals surface area contributed by atoms with Gasteiger partial charge in [-0.1, -0.05) is 24.3 Å². The summed E-state index contributed by atoms with van der Waals surface area (Å²) in [6, 6.07) is 13.9. The summed E-state index contributed by atoms with van der Waals surface area (Å²) in [5.74, 6) is 0.349. The van der Waals surface area contributed by atoms with E-state index in [2.05, 4.69) is 0 Å². The van der Waals surface area contributed by atoms with Crippen molar-refractivity contribution < 1.29 is 14.2 Å². The molecular weight excluding hydrogens is 243 g/mol. The summed E-state index contributed by atoms with van der Waals surface area (Å²) in [4.78, 5) is 0. The van der Waals surface area contributed by atoms with E-state index in [1.807, 2.05) is 31.2 Å². The van der Waals surface area contributed by atoms with Gasteiger partial charge < -0.3 is 9.84 Å². The monoisotopic (exact) mass is 260 g/mol. The number of halogens is 1. The number of aryl methyl sites for hydroxylation is 1. The molecule has 100 valence electrons. The van der Waals surface area contributed by atoms with Gasteiger partial charge in [-0.05, 0) is 42.3 Å². The Morgan fingerprint density at radius 1 is 1.16 bits per heavy atom. The average molecular weight is 260 g/mol. The fraction of sp³-hybridized carbons (Fsp3) is 0.250. The molecule has 2 rings (SSSR count). The van der Waals surface area contributed by atoms with Crippen molar-refractivity contribution in [2.45, 2.75) is 12.8 Å². The number of benzene rings is 2. The minimum atomic E-state index is -0.278. The van der Waals surface area contributed by atoms with Crippen LogP contribution in [0, 0.1) is 12.7 Å². The predicted molar refractivity (Wildman–Crippen MR) is 72.9 cm³/mol. The molecule has 1 unspecified atom stereocenters. The van der Waals surface area contributed by atoms with E-state index >= 15 is 0 Å². The van der Waals surface area contributed by atoms with Gasteiger partial charge in [0.25, 0.3) is 0 Å². The molecular formula is C16H17FO2. The molecule has 0 aliphatic carbocycles. The van der Waals surface area contributed by atoms with E-state index in [0.717, 1.165) is 16.9 Å². The third-order valence-electron chi connectivity index (χ3n) is 3.00. The fourth-order valence-corrected chi connectivity index (χ4v) is 1.89. The Labute approximate surface area is 112 Å². The number of hydrogen-bond donors (Lipinski definition) is 1. The van der Waals surface area contributed by atoms with Crippen LogP contribution < -0.4 is 4.74 Å². The van der Waals surface area contributed by atoms with E-state index in [1.54, 1.807) is 12.1 Å². The predicted octanol–water partition coefficient (Wildman–Crippen LogP) is 3.29. The zero-order chi connectivity index (χ0) is 13.7. The van der Waals surface area contributed by atoms with E-state index < -0.39 is 0 Å². The first-order valence-corrected chi connectivity index (χ1v) is 6.25. The Balaban J connectivity index is 2.01. The lowest BCUT2D eigenvalue weighted by molar-refractivity contribution is 0.205. The minimum Gasteiger partial charge on any atom is -0.493 e. The Bertz CT molecular complexity index is 523. The summed E-state index contributed by atoms with van der Waals surface area (Å²) < 4.78 is 18.5. The van der Waals surface area contributed by atoms with Crippen LogP contribution in [0.15, 0.2) is 48.5 Å². The van der Waals surface area contributed by atoms with Gasteiger partial charge in [0.2, 0.25) is 0 Å². The van der Waals surface area contributed by atoms with Crippen LogP contribution in [0.25, 0.3) is 0 Å². The molecule has 0 amide bonds. The molecule has 0 saturated heterocycles. The van der Waals surface area contributed by atoms with Crippen molar-refractivity contribution in [2.24, 2.45) is 0 Å². The number of aliphatic hydroxyl groups excluding tert-OH is 1. The minimum absolute atomic E-state index is 0.0303. The van der Waals surface area contributed by atoms with E-state index in [4.69, 9.17) is 4.74 Å². The van der Waals surface area contributed by atoms with Crippen LogP contribution in [-0.4, -0.2) is 18.3 Å². The molecule has 3 heteroatoms. The van der Waals surface area contributed by atoms with E-state index in [0.29, 0.717) is 6.61 Å². The SMILES string of the molecule is Cc1cccc(OCC(CO)c2ccc(F)cc2)c1. The molecule has 19 heavy (non-hydrogen) atoms. The van der Waals surface area contributed by atoms with Crippen molar-refractivity contribution in [3.8, 4) is 5.75 Å². The summed E-state index contributed by atoms with van der Waals surface area (Å²) >= 11 is 0. The highest BCUT2D eigenvalue weighted by Crippen LogP contribution is 2.19. The van der Waals surface area contributed by atoms with Gasteiger partial charge in [0.1, 0.15) is 11.6 Å². The van der Waals surface area contributed by atoms with Crippen molar-refractivity contribution in [1.82, 2.24) is 0 Å². The highest BCUT2D eigenvalue weighted by atomic mass is 19.1. The first kappa shape index (κ1) is 13.6. The topological polar surface area (TPSA) is 29.5 Å². The molecule has 1 N–H and O–H groups in total. The van der Waals surface area contributed by atoms with Gasteiger partial charge >= 0.3 is 0 Å². The first-order valence-electron chi connectivity index (χ1n) is 6.25. The highest BCUT2D eigenvalue weighted by Gasteiger charge is 2.11. The summed E-state index contributed by atoms with van der Waals surface area (Å²) in [6.07, 6.45) is 0. The van der Waals surface area contributed by atoms with Crippen LogP contribution >= 0.6 is 0 Å². The normalized spacial score (nSPS) is 12.2. The lowest BCUT2D eigenvalue weighted by atomic mass is 10.0. The fourth-order valence-electron chi connectivity index (χ4n) is 1.89. The maximum Gasteiger partial charge on any atom is 0.123 e. The second-order valence-electron chi connectivity index (χ2n) is 4.56. The maximum atomic E-state index is 12.9. The third-order valence-corrected chi connectivity index (χ3v) is 3.00. The average Bonchev–Trinajstić information content (AvgIpc) is 2.41. The second kappa shape index (κ2) is 6.34. The van der Waals surface area contributed by atoms with Crippen LogP contribution in [0.4, 0.5) is 4.39 Å². The van der Waals surface area contributed by atoms with Crippen LogP contribution in [0.5, 0.6) is 5.75 Å². The molecule has 0 saturated carbocycles. The van der Waals surface area contributed by atoms with Crippen LogP contribution in [-0.2, 0) is 0 Å². The van der Waals surface area contributed by atoms with Gasteiger partial charge in [-0.15, -0.1) is 0 Å². The second-order valence-corrected chi connectivity index (χ2v) is 4.56. The van der Waals surface area contributed by atoms with Gasteiger partial charge in [0.05, 0.1) is 13.2 Å². The zero-order valence-electron chi connectivity index (χ0n) is 10.8. The number of aliphatic hydroxyl groups is 1. The molecule has 2 nitrogen and oxygen atoms in total. The molecule has 0 fully saturated rings. The van der Waals surface area contributed by atoms with E-state index in [-0.39, 0.29) is 18.3 Å². The molecule has 2 aromatic rings. The van der Waals surface area contributed by atoms with Crippen molar-refractivity contribution in [3.63, 3.8) is 0 Å². The molecule has 0 aliphatic heterocycles. The number of ether oxygens (including phenoxy) is 1. The van der Waals surface area contributed by atoms with Crippen LogP contribution in [0.3, 0.4) is 0 Å². The van der Waals surface area contributed by atoms with Crippen LogP contribution in [0.1, 0.15) is 17.0 Å². The third kappa shape index (κ3) is 3.80. The van der Waals surface area contributed by atoms with E-state index in [1.165, 1.54) is 12.1 Å². The highest BCUT2D eigenvalue weighted by molar-refractivity contribution is 5.28. The molecule has 0 radical (unpaired) electrons. The van der Waals surface area contributed by atoms with Crippen molar-refractivity contribution in [1.29, 1.82) is 0 Å². The van der Waals surface area contributed by atoms with Gasteiger partial charge in [-0.2, -0.15) is 0 Å². The largest absolute Gasteiger partial charge is 0.493 e. The molecule has 0 heterocycles. The Morgan fingerprint density at radius 3 is 2.53 bits per heavy atom. The first-order chi connectivity index (χ1) is 9.19. The molecule has 1 atom stereocenters. The Morgan fingerprint density at radius 2 is 1.89 bits per heavy atom. The van der Waals surface area contributed by atoms with Crippen LogP contribution in [0.2, 0.25) is 0 Å². The maximum absolute atomic E-state index is 12.9. The quantitative estimate of drug-likeness (QED) is 0.894. The van der Waals surface area contributed by atoms with E-state index in [9.17, 15) is 9.50 Å².